The lowest BCUT2D eigenvalue weighted by Crippen LogP contribution is -1.82. The zero-order valence-corrected chi connectivity index (χ0v) is 9.83. The molecule has 2 aromatic carbocycles. The molecule has 0 radical (unpaired) electrons. The Balaban J connectivity index is 2.33. The molecule has 0 aliphatic heterocycles. The number of phenolic OH excluding ortho intramolecular Hbond substituents is 1. The van der Waals surface area contributed by atoms with Gasteiger partial charge in [-0.15, -0.1) is 0 Å². The summed E-state index contributed by atoms with van der Waals surface area (Å²) in [6, 6.07) is 8.73. The van der Waals surface area contributed by atoms with E-state index < -0.39 is 4.94 Å². The Labute approximate surface area is 105 Å². The monoisotopic (exact) mass is 262 g/mol. The molecule has 3 rings (SSSR count). The van der Waals surface area contributed by atoms with Gasteiger partial charge < -0.3 is 9.52 Å². The first-order chi connectivity index (χ1) is 8.63. The van der Waals surface area contributed by atoms with Gasteiger partial charge in [0.1, 0.15) is 11.6 Å². The number of benzene rings is 2. The molecule has 5 heteroatoms. The highest BCUT2D eigenvalue weighted by molar-refractivity contribution is 7.16. The fourth-order valence-corrected chi connectivity index (χ4v) is 2.54. The Morgan fingerprint density at radius 3 is 2.61 bits per heavy atom. The van der Waals surface area contributed by atoms with Crippen molar-refractivity contribution in [1.29, 1.82) is 0 Å². The van der Waals surface area contributed by atoms with Crippen molar-refractivity contribution in [1.82, 2.24) is 0 Å². The van der Waals surface area contributed by atoms with Crippen molar-refractivity contribution < 1.29 is 13.9 Å². The molecule has 0 saturated carbocycles. The number of phenols is 1. The average molecular weight is 262 g/mol. The highest BCUT2D eigenvalue weighted by Crippen LogP contribution is 2.33. The normalized spacial score (nSPS) is 10.9. The van der Waals surface area contributed by atoms with Crippen LogP contribution in [0.5, 0.6) is 5.75 Å². The van der Waals surface area contributed by atoms with Gasteiger partial charge in [0, 0.05) is 11.6 Å². The van der Waals surface area contributed by atoms with Crippen molar-refractivity contribution in [3.8, 4) is 16.9 Å². The van der Waals surface area contributed by atoms with Crippen molar-refractivity contribution in [2.75, 3.05) is 0 Å². The average Bonchev–Trinajstić information content (AvgIpc) is 2.69. The third-order valence-corrected chi connectivity index (χ3v) is 3.35. The molecule has 18 heavy (non-hydrogen) atoms. The standard InChI is InChI=1S/C13H7FO3S/c14-8-3-1-7(2-4-8)10-5-9(15)6-11-12(10)17-13(16)18-11/h1-6,15H. The third kappa shape index (κ3) is 1.78. The molecule has 0 aliphatic rings. The second-order valence-electron chi connectivity index (χ2n) is 3.78. The SMILES string of the molecule is O=c1oc2c(-c3ccc(F)cc3)cc(O)cc2s1. The molecule has 0 atom stereocenters. The molecule has 0 unspecified atom stereocenters. The summed E-state index contributed by atoms with van der Waals surface area (Å²) in [6.07, 6.45) is 0. The van der Waals surface area contributed by atoms with E-state index in [4.69, 9.17) is 4.42 Å². The second-order valence-corrected chi connectivity index (χ2v) is 4.76. The van der Waals surface area contributed by atoms with Gasteiger partial charge in [0.2, 0.25) is 0 Å². The lowest BCUT2D eigenvalue weighted by molar-refractivity contribution is 0.476. The second kappa shape index (κ2) is 3.96. The first kappa shape index (κ1) is 11.0. The predicted molar refractivity (Wildman–Crippen MR) is 67.4 cm³/mol. The summed E-state index contributed by atoms with van der Waals surface area (Å²) in [5, 5.41) is 9.63. The molecule has 0 amide bonds. The third-order valence-electron chi connectivity index (χ3n) is 2.57. The molecule has 90 valence electrons. The van der Waals surface area contributed by atoms with E-state index in [0.29, 0.717) is 21.4 Å². The van der Waals surface area contributed by atoms with E-state index in [9.17, 15) is 14.3 Å². The number of aromatic hydroxyl groups is 1. The molecule has 0 saturated heterocycles. The quantitative estimate of drug-likeness (QED) is 0.731. The van der Waals surface area contributed by atoms with Crippen LogP contribution in [-0.4, -0.2) is 5.11 Å². The molecule has 0 aliphatic carbocycles. The first-order valence-corrected chi connectivity index (χ1v) is 5.98. The van der Waals surface area contributed by atoms with E-state index in [-0.39, 0.29) is 11.6 Å². The largest absolute Gasteiger partial charge is 0.508 e. The summed E-state index contributed by atoms with van der Waals surface area (Å²) in [5.74, 6) is -0.305. The molecule has 3 nitrogen and oxygen atoms in total. The number of halogens is 1. The van der Waals surface area contributed by atoms with Gasteiger partial charge >= 0.3 is 4.94 Å². The van der Waals surface area contributed by atoms with Gasteiger partial charge in [0.25, 0.3) is 0 Å². The fourth-order valence-electron chi connectivity index (χ4n) is 1.81. The van der Waals surface area contributed by atoms with Gasteiger partial charge in [-0.1, -0.05) is 23.5 Å². The van der Waals surface area contributed by atoms with Crippen LogP contribution in [-0.2, 0) is 0 Å². The van der Waals surface area contributed by atoms with Crippen LogP contribution in [0.3, 0.4) is 0 Å². The maximum absolute atomic E-state index is 12.9. The lowest BCUT2D eigenvalue weighted by Gasteiger charge is -2.03. The Morgan fingerprint density at radius 1 is 1.17 bits per heavy atom. The van der Waals surface area contributed by atoms with Crippen LogP contribution in [0.1, 0.15) is 0 Å². The van der Waals surface area contributed by atoms with Gasteiger partial charge in [0.15, 0.2) is 5.58 Å². The van der Waals surface area contributed by atoms with Crippen LogP contribution in [0.4, 0.5) is 4.39 Å². The number of hydrogen-bond donors (Lipinski definition) is 1. The van der Waals surface area contributed by atoms with Crippen LogP contribution >= 0.6 is 11.3 Å². The van der Waals surface area contributed by atoms with E-state index in [1.54, 1.807) is 12.1 Å². The highest BCUT2D eigenvalue weighted by Gasteiger charge is 2.11. The van der Waals surface area contributed by atoms with E-state index >= 15 is 0 Å². The number of fused-ring (bicyclic) bond motifs is 1. The van der Waals surface area contributed by atoms with Gasteiger partial charge in [0.05, 0.1) is 4.70 Å². The molecule has 0 fully saturated rings. The predicted octanol–water partition coefficient (Wildman–Crippen LogP) is 3.37. The highest BCUT2D eigenvalue weighted by atomic mass is 32.1. The van der Waals surface area contributed by atoms with Crippen molar-refractivity contribution >= 4 is 21.6 Å². The van der Waals surface area contributed by atoms with Gasteiger partial charge in [-0.25, -0.2) is 9.18 Å². The van der Waals surface area contributed by atoms with Crippen LogP contribution in [0.25, 0.3) is 21.4 Å². The number of hydrogen-bond acceptors (Lipinski definition) is 4. The molecular formula is C13H7FO3S. The summed E-state index contributed by atoms with van der Waals surface area (Å²) in [7, 11) is 0. The minimum Gasteiger partial charge on any atom is -0.508 e. The van der Waals surface area contributed by atoms with Crippen molar-refractivity contribution in [3.05, 3.63) is 51.9 Å². The summed E-state index contributed by atoms with van der Waals surface area (Å²) in [4.78, 5) is 10.8. The zero-order chi connectivity index (χ0) is 12.7. The molecule has 1 N–H and O–H groups in total. The van der Waals surface area contributed by atoms with E-state index in [2.05, 4.69) is 0 Å². The van der Waals surface area contributed by atoms with Gasteiger partial charge in [-0.2, -0.15) is 0 Å². The van der Waals surface area contributed by atoms with E-state index in [1.165, 1.54) is 24.3 Å². The van der Waals surface area contributed by atoms with E-state index in [0.717, 1.165) is 11.3 Å². The van der Waals surface area contributed by atoms with Crippen LogP contribution in [0.2, 0.25) is 0 Å². The summed E-state index contributed by atoms with van der Waals surface area (Å²) in [6.45, 7) is 0. The molecule has 0 bridgehead atoms. The first-order valence-electron chi connectivity index (χ1n) is 5.16. The van der Waals surface area contributed by atoms with Crippen LogP contribution in [0, 0.1) is 5.82 Å². The zero-order valence-electron chi connectivity index (χ0n) is 9.01. The summed E-state index contributed by atoms with van der Waals surface area (Å²) >= 11 is 0.922. The van der Waals surface area contributed by atoms with Gasteiger partial charge in [-0.3, -0.25) is 0 Å². The Bertz CT molecular complexity index is 771. The lowest BCUT2D eigenvalue weighted by atomic mass is 10.0. The number of rotatable bonds is 1. The Morgan fingerprint density at radius 2 is 1.89 bits per heavy atom. The van der Waals surface area contributed by atoms with E-state index in [1.807, 2.05) is 0 Å². The summed E-state index contributed by atoms with van der Waals surface area (Å²) < 4.78 is 18.5. The van der Waals surface area contributed by atoms with Gasteiger partial charge in [-0.05, 0) is 23.8 Å². The molecule has 1 aromatic heterocycles. The van der Waals surface area contributed by atoms with Crippen molar-refractivity contribution in [2.24, 2.45) is 0 Å². The minimum atomic E-state index is -0.432. The molecule has 1 heterocycles. The maximum atomic E-state index is 12.9. The van der Waals surface area contributed by atoms with Crippen molar-refractivity contribution in [2.45, 2.75) is 0 Å². The summed E-state index contributed by atoms with van der Waals surface area (Å²) in [5.41, 5.74) is 1.66. The van der Waals surface area contributed by atoms with Crippen LogP contribution < -0.4 is 4.94 Å². The fraction of sp³-hybridized carbons (Fsp3) is 0. The Kier molecular flexibility index (Phi) is 2.41. The van der Waals surface area contributed by atoms with Crippen molar-refractivity contribution in [3.63, 3.8) is 0 Å². The molecule has 3 aromatic rings. The minimum absolute atomic E-state index is 0.0406. The topological polar surface area (TPSA) is 50.4 Å². The molecular weight excluding hydrogens is 255 g/mol. The molecule has 0 spiro atoms. The smallest absolute Gasteiger partial charge is 0.396 e. The Hall–Kier alpha value is -2.14. The van der Waals surface area contributed by atoms with Crippen LogP contribution in [0.15, 0.2) is 45.6 Å². The maximum Gasteiger partial charge on any atom is 0.396 e.